The molecule has 2 aromatic carbocycles. The van der Waals surface area contributed by atoms with Gasteiger partial charge in [-0.25, -0.2) is 4.39 Å². The van der Waals surface area contributed by atoms with Crippen molar-refractivity contribution in [1.29, 1.82) is 0 Å². The molecule has 0 aliphatic heterocycles. The van der Waals surface area contributed by atoms with Gasteiger partial charge in [-0.1, -0.05) is 39.3 Å². The topological polar surface area (TPSA) is 51.4 Å². The summed E-state index contributed by atoms with van der Waals surface area (Å²) in [4.78, 5) is 23.4. The van der Waals surface area contributed by atoms with Crippen LogP contribution < -0.4 is 5.56 Å². The molecule has 0 N–H and O–H groups in total. The SMILES string of the molecule is Cc1cc(F)ccc1[C@H](CC(N=O)c1ccc(=O)n(C)c1)c1ccc(Br)cc1. The van der Waals surface area contributed by atoms with Crippen LogP contribution in [-0.2, 0) is 7.05 Å². The minimum atomic E-state index is -0.634. The lowest BCUT2D eigenvalue weighted by molar-refractivity contribution is 0.583. The van der Waals surface area contributed by atoms with Crippen molar-refractivity contribution >= 4 is 15.9 Å². The third-order valence-corrected chi connectivity index (χ3v) is 5.49. The maximum absolute atomic E-state index is 13.6. The Labute approximate surface area is 171 Å². The van der Waals surface area contributed by atoms with Gasteiger partial charge in [-0.2, -0.15) is 4.91 Å². The van der Waals surface area contributed by atoms with Gasteiger partial charge < -0.3 is 4.57 Å². The summed E-state index contributed by atoms with van der Waals surface area (Å²) in [6.45, 7) is 1.86. The lowest BCUT2D eigenvalue weighted by atomic mass is 9.83. The van der Waals surface area contributed by atoms with Crippen LogP contribution >= 0.6 is 15.9 Å². The van der Waals surface area contributed by atoms with E-state index in [4.69, 9.17) is 0 Å². The van der Waals surface area contributed by atoms with Crippen molar-refractivity contribution in [2.75, 3.05) is 0 Å². The highest BCUT2D eigenvalue weighted by molar-refractivity contribution is 9.10. The van der Waals surface area contributed by atoms with E-state index in [-0.39, 0.29) is 17.3 Å². The predicted molar refractivity (Wildman–Crippen MR) is 112 cm³/mol. The van der Waals surface area contributed by atoms with Gasteiger partial charge in [-0.05, 0) is 65.9 Å². The Morgan fingerprint density at radius 2 is 1.75 bits per heavy atom. The van der Waals surface area contributed by atoms with Crippen molar-refractivity contribution in [2.45, 2.75) is 25.3 Å². The highest BCUT2D eigenvalue weighted by atomic mass is 79.9. The molecule has 0 spiro atoms. The molecule has 1 heterocycles. The molecule has 1 aromatic heterocycles. The van der Waals surface area contributed by atoms with Gasteiger partial charge in [-0.3, -0.25) is 4.79 Å². The van der Waals surface area contributed by atoms with Crippen molar-refractivity contribution in [3.63, 3.8) is 0 Å². The number of pyridine rings is 1. The zero-order valence-corrected chi connectivity index (χ0v) is 17.2. The van der Waals surface area contributed by atoms with Crippen LogP contribution in [0.15, 0.2) is 75.2 Å². The summed E-state index contributed by atoms with van der Waals surface area (Å²) in [6.07, 6.45) is 2.06. The Balaban J connectivity index is 2.04. The molecule has 0 aliphatic rings. The fraction of sp³-hybridized carbons (Fsp3) is 0.227. The van der Waals surface area contributed by atoms with Gasteiger partial charge in [0.25, 0.3) is 0 Å². The van der Waals surface area contributed by atoms with E-state index >= 15 is 0 Å². The van der Waals surface area contributed by atoms with Crippen molar-refractivity contribution in [1.82, 2.24) is 4.57 Å². The molecular formula is C22H20BrFN2O2. The number of hydrogen-bond donors (Lipinski definition) is 0. The number of aryl methyl sites for hydroxylation is 2. The van der Waals surface area contributed by atoms with E-state index in [2.05, 4.69) is 21.1 Å². The molecule has 6 heteroatoms. The van der Waals surface area contributed by atoms with Crippen LogP contribution in [0, 0.1) is 17.6 Å². The Kier molecular flexibility index (Phi) is 6.19. The van der Waals surface area contributed by atoms with Crippen molar-refractivity contribution in [3.05, 3.63) is 109 Å². The van der Waals surface area contributed by atoms with Crippen LogP contribution in [0.4, 0.5) is 4.39 Å². The minimum Gasteiger partial charge on any atom is -0.318 e. The monoisotopic (exact) mass is 442 g/mol. The van der Waals surface area contributed by atoms with Gasteiger partial charge in [-0.15, -0.1) is 0 Å². The molecular weight excluding hydrogens is 423 g/mol. The van der Waals surface area contributed by atoms with E-state index in [0.717, 1.165) is 21.2 Å². The Hall–Kier alpha value is -2.60. The van der Waals surface area contributed by atoms with Crippen LogP contribution in [-0.4, -0.2) is 4.57 Å². The van der Waals surface area contributed by atoms with Crippen molar-refractivity contribution in [3.8, 4) is 0 Å². The minimum absolute atomic E-state index is 0.145. The molecule has 1 unspecified atom stereocenters. The fourth-order valence-corrected chi connectivity index (χ4v) is 3.71. The van der Waals surface area contributed by atoms with Gasteiger partial charge in [0.15, 0.2) is 0 Å². The first-order valence-corrected chi connectivity index (χ1v) is 9.69. The Morgan fingerprint density at radius 3 is 2.36 bits per heavy atom. The summed E-state index contributed by atoms with van der Waals surface area (Å²) >= 11 is 3.44. The Bertz CT molecular complexity index is 1050. The van der Waals surface area contributed by atoms with Crippen LogP contribution in [0.2, 0.25) is 0 Å². The largest absolute Gasteiger partial charge is 0.318 e. The van der Waals surface area contributed by atoms with Crippen molar-refractivity contribution in [2.24, 2.45) is 12.2 Å². The number of hydrogen-bond acceptors (Lipinski definition) is 3. The third-order valence-electron chi connectivity index (χ3n) is 4.96. The lowest BCUT2D eigenvalue weighted by Crippen LogP contribution is -2.16. The molecule has 0 fully saturated rings. The number of benzene rings is 2. The lowest BCUT2D eigenvalue weighted by Gasteiger charge is -2.23. The summed E-state index contributed by atoms with van der Waals surface area (Å²) in [7, 11) is 1.64. The molecule has 4 nitrogen and oxygen atoms in total. The maximum atomic E-state index is 13.6. The van der Waals surface area contributed by atoms with Crippen LogP contribution in [0.1, 0.15) is 40.6 Å². The molecule has 0 aliphatic carbocycles. The van der Waals surface area contributed by atoms with E-state index in [1.807, 2.05) is 31.2 Å². The second-order valence-corrected chi connectivity index (χ2v) is 7.79. The number of rotatable bonds is 6. The van der Waals surface area contributed by atoms with E-state index in [1.165, 1.54) is 22.8 Å². The van der Waals surface area contributed by atoms with Gasteiger partial charge in [0.05, 0.1) is 0 Å². The first-order chi connectivity index (χ1) is 13.4. The molecule has 3 aromatic rings. The highest BCUT2D eigenvalue weighted by Gasteiger charge is 2.24. The first kappa shape index (κ1) is 20.1. The number of nitroso groups, excluding NO2 is 1. The van der Waals surface area contributed by atoms with Gasteiger partial charge in [0, 0.05) is 29.7 Å². The standard InChI is InChI=1S/C22H20BrFN2O2/c1-14-11-18(24)8-9-19(14)20(15-3-6-17(23)7-4-15)12-21(25-28)16-5-10-22(27)26(2)13-16/h3-11,13,20-21H,12H2,1-2H3/t20-,21?/m1/s1. The normalized spacial score (nSPS) is 13.1. The van der Waals surface area contributed by atoms with Crippen molar-refractivity contribution < 1.29 is 4.39 Å². The van der Waals surface area contributed by atoms with E-state index < -0.39 is 6.04 Å². The summed E-state index contributed by atoms with van der Waals surface area (Å²) in [5.74, 6) is -0.437. The van der Waals surface area contributed by atoms with E-state index in [9.17, 15) is 14.1 Å². The molecule has 2 atom stereocenters. The molecule has 0 radical (unpaired) electrons. The predicted octanol–water partition coefficient (Wildman–Crippen LogP) is 5.63. The van der Waals surface area contributed by atoms with E-state index in [1.54, 1.807) is 25.4 Å². The van der Waals surface area contributed by atoms with Crippen LogP contribution in [0.3, 0.4) is 0 Å². The number of aromatic nitrogens is 1. The maximum Gasteiger partial charge on any atom is 0.250 e. The highest BCUT2D eigenvalue weighted by Crippen LogP contribution is 2.37. The Morgan fingerprint density at radius 1 is 1.07 bits per heavy atom. The number of halogens is 2. The van der Waals surface area contributed by atoms with Crippen LogP contribution in [0.5, 0.6) is 0 Å². The summed E-state index contributed by atoms with van der Waals surface area (Å²) in [6, 6.07) is 15.0. The summed E-state index contributed by atoms with van der Waals surface area (Å²) in [5, 5.41) is 3.34. The summed E-state index contributed by atoms with van der Waals surface area (Å²) in [5.41, 5.74) is 3.31. The smallest absolute Gasteiger partial charge is 0.250 e. The second kappa shape index (κ2) is 8.61. The zero-order chi connectivity index (χ0) is 20.3. The quantitative estimate of drug-likeness (QED) is 0.464. The zero-order valence-electron chi connectivity index (χ0n) is 15.6. The molecule has 28 heavy (non-hydrogen) atoms. The molecule has 3 rings (SSSR count). The number of nitrogens with zero attached hydrogens (tertiary/aromatic N) is 2. The molecule has 0 bridgehead atoms. The average Bonchev–Trinajstić information content (AvgIpc) is 2.67. The van der Waals surface area contributed by atoms with E-state index in [0.29, 0.717) is 12.0 Å². The van der Waals surface area contributed by atoms with Crippen LogP contribution in [0.25, 0.3) is 0 Å². The van der Waals surface area contributed by atoms with Gasteiger partial charge >= 0.3 is 0 Å². The average molecular weight is 443 g/mol. The molecule has 0 saturated carbocycles. The van der Waals surface area contributed by atoms with Gasteiger partial charge in [0.2, 0.25) is 5.56 Å². The first-order valence-electron chi connectivity index (χ1n) is 8.89. The van der Waals surface area contributed by atoms with Gasteiger partial charge in [0.1, 0.15) is 11.9 Å². The molecule has 0 amide bonds. The fourth-order valence-electron chi connectivity index (χ4n) is 3.44. The third kappa shape index (κ3) is 4.44. The molecule has 0 saturated heterocycles. The second-order valence-electron chi connectivity index (χ2n) is 6.87. The summed E-state index contributed by atoms with van der Waals surface area (Å²) < 4.78 is 16.0. The molecule has 144 valence electrons.